The first-order valence-corrected chi connectivity index (χ1v) is 18.2. The lowest BCUT2D eigenvalue weighted by Crippen LogP contribution is -2.53. The van der Waals surface area contributed by atoms with Crippen LogP contribution in [0.25, 0.3) is 0 Å². The highest BCUT2D eigenvalue weighted by Gasteiger charge is 2.34. The Hall–Kier alpha value is -3.50. The summed E-state index contributed by atoms with van der Waals surface area (Å²) in [6, 6.07) is 27.0. The van der Waals surface area contributed by atoms with Gasteiger partial charge in [-0.15, -0.1) is 11.8 Å². The van der Waals surface area contributed by atoms with Crippen molar-refractivity contribution < 1.29 is 18.0 Å². The minimum Gasteiger partial charge on any atom is -0.354 e. The maximum absolute atomic E-state index is 14.5. The van der Waals surface area contributed by atoms with Gasteiger partial charge in [-0.25, -0.2) is 8.42 Å². The molecule has 11 heteroatoms. The molecule has 4 aromatic carbocycles. The number of benzene rings is 4. The van der Waals surface area contributed by atoms with E-state index in [0.717, 1.165) is 20.3 Å². The van der Waals surface area contributed by atoms with Crippen LogP contribution in [0.5, 0.6) is 0 Å². The molecular formula is C35H37Cl2N3O4S2. The first-order valence-electron chi connectivity index (χ1n) is 14.8. The monoisotopic (exact) mass is 697 g/mol. The summed E-state index contributed by atoms with van der Waals surface area (Å²) in [6.45, 7) is 3.73. The van der Waals surface area contributed by atoms with Gasteiger partial charge >= 0.3 is 0 Å². The number of amides is 2. The van der Waals surface area contributed by atoms with E-state index in [-0.39, 0.29) is 23.8 Å². The molecular weight excluding hydrogens is 661 g/mol. The van der Waals surface area contributed by atoms with Gasteiger partial charge in [-0.1, -0.05) is 84.2 Å². The third kappa shape index (κ3) is 9.06. The highest BCUT2D eigenvalue weighted by molar-refractivity contribution is 7.98. The molecule has 0 bridgehead atoms. The van der Waals surface area contributed by atoms with Crippen molar-refractivity contribution in [1.29, 1.82) is 0 Å². The Bertz CT molecular complexity index is 1740. The Balaban J connectivity index is 1.80. The number of hydrogen-bond donors (Lipinski definition) is 1. The molecule has 1 N–H and O–H groups in total. The molecule has 0 aliphatic carbocycles. The van der Waals surface area contributed by atoms with E-state index in [9.17, 15) is 18.0 Å². The van der Waals surface area contributed by atoms with Crippen molar-refractivity contribution in [2.75, 3.05) is 23.7 Å². The standard InChI is InChI=1S/C35H37Cl2N3O4S2/c1-4-20-38-35(42)33(22-26-8-6-5-7-9-26)39(23-27-12-19-31(36)32(37)21-27)34(41)24-40(28-13-10-25(2)11-14-28)46(43,44)30-17-15-29(45-3)16-18-30/h5-19,21,33H,4,20,22-24H2,1-3H3,(H,38,42)/t33-/m0/s1. The summed E-state index contributed by atoms with van der Waals surface area (Å²) >= 11 is 14.0. The summed E-state index contributed by atoms with van der Waals surface area (Å²) in [4.78, 5) is 30.7. The Morgan fingerprint density at radius 3 is 2.15 bits per heavy atom. The first kappa shape index (κ1) is 35.4. The van der Waals surface area contributed by atoms with E-state index >= 15 is 0 Å². The van der Waals surface area contributed by atoms with E-state index < -0.39 is 28.5 Å². The quantitative estimate of drug-likeness (QED) is 0.139. The van der Waals surface area contributed by atoms with Gasteiger partial charge in [0.2, 0.25) is 11.8 Å². The van der Waals surface area contributed by atoms with Crippen LogP contribution in [0.15, 0.2) is 107 Å². The zero-order valence-electron chi connectivity index (χ0n) is 26.0. The second kappa shape index (κ2) is 16.4. The van der Waals surface area contributed by atoms with Crippen molar-refractivity contribution in [2.24, 2.45) is 0 Å². The van der Waals surface area contributed by atoms with Crippen LogP contribution in [-0.4, -0.2) is 50.5 Å². The lowest BCUT2D eigenvalue weighted by molar-refractivity contribution is -0.140. The number of rotatable bonds is 14. The van der Waals surface area contributed by atoms with Gasteiger partial charge < -0.3 is 10.2 Å². The highest BCUT2D eigenvalue weighted by atomic mass is 35.5. The Morgan fingerprint density at radius 1 is 0.870 bits per heavy atom. The fraction of sp³-hybridized carbons (Fsp3) is 0.257. The molecule has 2 amide bonds. The highest BCUT2D eigenvalue weighted by Crippen LogP contribution is 2.28. The van der Waals surface area contributed by atoms with Gasteiger partial charge in [0.15, 0.2) is 0 Å². The first-order chi connectivity index (χ1) is 22.0. The number of nitrogens with zero attached hydrogens (tertiary/aromatic N) is 2. The van der Waals surface area contributed by atoms with Gasteiger partial charge in [0.05, 0.1) is 20.6 Å². The molecule has 0 heterocycles. The van der Waals surface area contributed by atoms with Crippen molar-refractivity contribution in [3.05, 3.63) is 124 Å². The van der Waals surface area contributed by atoms with E-state index in [4.69, 9.17) is 23.2 Å². The zero-order chi connectivity index (χ0) is 33.3. The molecule has 4 aromatic rings. The minimum absolute atomic E-state index is 0.00300. The number of sulfonamides is 1. The molecule has 0 saturated heterocycles. The maximum Gasteiger partial charge on any atom is 0.264 e. The lowest BCUT2D eigenvalue weighted by Gasteiger charge is -2.34. The second-order valence-corrected chi connectivity index (χ2v) is 14.3. The van der Waals surface area contributed by atoms with Crippen molar-refractivity contribution >= 4 is 62.5 Å². The van der Waals surface area contributed by atoms with Crippen molar-refractivity contribution in [3.8, 4) is 0 Å². The zero-order valence-corrected chi connectivity index (χ0v) is 29.1. The molecule has 0 unspecified atom stereocenters. The summed E-state index contributed by atoms with van der Waals surface area (Å²) in [6.07, 6.45) is 2.84. The summed E-state index contributed by atoms with van der Waals surface area (Å²) in [5.74, 6) is -0.889. The molecule has 4 rings (SSSR count). The van der Waals surface area contributed by atoms with Gasteiger partial charge in [0, 0.05) is 24.4 Å². The van der Waals surface area contributed by atoms with Crippen LogP contribution in [-0.2, 0) is 32.6 Å². The molecule has 0 aliphatic heterocycles. The van der Waals surface area contributed by atoms with Gasteiger partial charge in [-0.3, -0.25) is 13.9 Å². The largest absolute Gasteiger partial charge is 0.354 e. The second-order valence-electron chi connectivity index (χ2n) is 10.8. The van der Waals surface area contributed by atoms with E-state index in [1.54, 1.807) is 54.6 Å². The molecule has 0 aromatic heterocycles. The van der Waals surface area contributed by atoms with Crippen LogP contribution in [0, 0.1) is 6.92 Å². The third-order valence-corrected chi connectivity index (χ3v) is 10.7. The number of carbonyl (C=O) groups excluding carboxylic acids is 2. The van der Waals surface area contributed by atoms with Crippen LogP contribution in [0.4, 0.5) is 5.69 Å². The number of thioether (sulfide) groups is 1. The number of nitrogens with one attached hydrogen (secondary N) is 1. The summed E-state index contributed by atoms with van der Waals surface area (Å²) in [5, 5.41) is 3.60. The smallest absolute Gasteiger partial charge is 0.264 e. The number of hydrogen-bond acceptors (Lipinski definition) is 5. The Morgan fingerprint density at radius 2 is 1.54 bits per heavy atom. The van der Waals surface area contributed by atoms with E-state index in [2.05, 4.69) is 5.32 Å². The van der Waals surface area contributed by atoms with E-state index in [1.165, 1.54) is 28.8 Å². The lowest BCUT2D eigenvalue weighted by atomic mass is 10.0. The summed E-state index contributed by atoms with van der Waals surface area (Å²) in [5.41, 5.74) is 2.76. The molecule has 0 saturated carbocycles. The topological polar surface area (TPSA) is 86.8 Å². The molecule has 0 radical (unpaired) electrons. The number of aryl methyl sites for hydroxylation is 1. The fourth-order valence-electron chi connectivity index (χ4n) is 4.87. The molecule has 0 fully saturated rings. The van der Waals surface area contributed by atoms with Crippen LogP contribution in [0.2, 0.25) is 10.0 Å². The molecule has 1 atom stereocenters. The third-order valence-electron chi connectivity index (χ3n) is 7.41. The average molecular weight is 699 g/mol. The van der Waals surface area contributed by atoms with Crippen LogP contribution in [0.1, 0.15) is 30.0 Å². The van der Waals surface area contributed by atoms with Crippen molar-refractivity contribution in [3.63, 3.8) is 0 Å². The summed E-state index contributed by atoms with van der Waals surface area (Å²) < 4.78 is 29.5. The van der Waals surface area contributed by atoms with Crippen LogP contribution in [0.3, 0.4) is 0 Å². The minimum atomic E-state index is -4.19. The Labute approximate surface area is 286 Å². The van der Waals surface area contributed by atoms with E-state index in [0.29, 0.717) is 34.3 Å². The molecule has 242 valence electrons. The van der Waals surface area contributed by atoms with E-state index in [1.807, 2.05) is 50.4 Å². The van der Waals surface area contributed by atoms with Crippen molar-refractivity contribution in [1.82, 2.24) is 10.2 Å². The van der Waals surface area contributed by atoms with Gasteiger partial charge in [-0.2, -0.15) is 0 Å². The molecule has 0 spiro atoms. The number of halogens is 2. The van der Waals surface area contributed by atoms with Crippen LogP contribution >= 0.6 is 35.0 Å². The number of carbonyl (C=O) groups is 2. The van der Waals surface area contributed by atoms with Gasteiger partial charge in [0.25, 0.3) is 10.0 Å². The van der Waals surface area contributed by atoms with Crippen LogP contribution < -0.4 is 9.62 Å². The summed E-state index contributed by atoms with van der Waals surface area (Å²) in [7, 11) is -4.19. The van der Waals surface area contributed by atoms with Crippen molar-refractivity contribution in [2.45, 2.75) is 49.1 Å². The maximum atomic E-state index is 14.5. The normalized spacial score (nSPS) is 11.9. The average Bonchev–Trinajstić information content (AvgIpc) is 3.06. The SMILES string of the molecule is CCCNC(=O)[C@H](Cc1ccccc1)N(Cc1ccc(Cl)c(Cl)c1)C(=O)CN(c1ccc(C)cc1)S(=O)(=O)c1ccc(SC)cc1. The van der Waals surface area contributed by atoms with Gasteiger partial charge in [0.1, 0.15) is 12.6 Å². The Kier molecular flexibility index (Phi) is 12.6. The molecule has 0 aliphatic rings. The fourth-order valence-corrected chi connectivity index (χ4v) is 7.01. The predicted molar refractivity (Wildman–Crippen MR) is 188 cm³/mol. The predicted octanol–water partition coefficient (Wildman–Crippen LogP) is 7.39. The van der Waals surface area contributed by atoms with Gasteiger partial charge in [-0.05, 0) is 79.3 Å². The molecule has 46 heavy (non-hydrogen) atoms. The molecule has 7 nitrogen and oxygen atoms in total. The number of anilines is 1.